The predicted molar refractivity (Wildman–Crippen MR) is 121 cm³/mol. The number of likely N-dealkylation sites (tertiary alicyclic amines) is 1. The second-order valence-corrected chi connectivity index (χ2v) is 8.64. The number of pyridine rings is 1. The van der Waals surface area contributed by atoms with Crippen molar-refractivity contribution >= 4 is 28.4 Å². The number of aromatic nitrogens is 2. The molecule has 3 aromatic rings. The van der Waals surface area contributed by atoms with Crippen molar-refractivity contribution in [3.8, 4) is 6.07 Å². The van der Waals surface area contributed by atoms with Crippen molar-refractivity contribution in [2.45, 2.75) is 26.2 Å². The number of piperidine rings is 1. The Morgan fingerprint density at radius 1 is 1.06 bits per heavy atom. The summed E-state index contributed by atoms with van der Waals surface area (Å²) in [5.74, 6) is 1.34. The summed E-state index contributed by atoms with van der Waals surface area (Å²) in [5, 5.41) is 9.71. The van der Waals surface area contributed by atoms with Crippen LogP contribution in [0, 0.1) is 18.3 Å². The summed E-state index contributed by atoms with van der Waals surface area (Å²) in [6.45, 7) is 7.72. The van der Waals surface area contributed by atoms with Gasteiger partial charge >= 0.3 is 0 Å². The zero-order valence-electron chi connectivity index (χ0n) is 18.0. The van der Waals surface area contributed by atoms with E-state index in [-0.39, 0.29) is 5.91 Å². The third-order valence-electron chi connectivity index (χ3n) is 6.63. The van der Waals surface area contributed by atoms with Gasteiger partial charge in [0.05, 0.1) is 23.1 Å². The number of carbonyl (C=O) groups excluding carboxylic acids is 1. The average molecular weight is 417 g/mol. The summed E-state index contributed by atoms with van der Waals surface area (Å²) in [6, 6.07) is 12.5. The van der Waals surface area contributed by atoms with Crippen molar-refractivity contribution in [3.63, 3.8) is 0 Å². The molecule has 2 fully saturated rings. The smallest absolute Gasteiger partial charge is 0.236 e. The highest BCUT2D eigenvalue weighted by atomic mass is 16.2. The Bertz CT molecular complexity index is 1160. The van der Waals surface area contributed by atoms with Gasteiger partial charge in [-0.15, -0.1) is 0 Å². The van der Waals surface area contributed by atoms with Crippen LogP contribution in [0.4, 0.5) is 5.82 Å². The molecule has 2 aromatic heterocycles. The zero-order valence-corrected chi connectivity index (χ0v) is 18.0. The lowest BCUT2D eigenvalue weighted by atomic mass is 10.1. The number of amides is 1. The van der Waals surface area contributed by atoms with Gasteiger partial charge in [0.15, 0.2) is 5.65 Å². The largest absolute Gasteiger partial charge is 0.355 e. The summed E-state index contributed by atoms with van der Waals surface area (Å²) in [5.41, 5.74) is 4.22. The maximum Gasteiger partial charge on any atom is 0.236 e. The molecule has 0 atom stereocenters. The molecular weight excluding hydrogens is 388 g/mol. The average Bonchev–Trinajstić information content (AvgIpc) is 3.19. The van der Waals surface area contributed by atoms with Crippen molar-refractivity contribution in [3.05, 3.63) is 41.5 Å². The second kappa shape index (κ2) is 8.20. The summed E-state index contributed by atoms with van der Waals surface area (Å²) in [6.07, 6.45) is 3.50. The fourth-order valence-corrected chi connectivity index (χ4v) is 4.87. The number of para-hydroxylation sites is 2. The van der Waals surface area contributed by atoms with E-state index in [0.717, 1.165) is 80.2 Å². The minimum Gasteiger partial charge on any atom is -0.355 e. The highest BCUT2D eigenvalue weighted by Gasteiger charge is 2.25. The molecule has 160 valence electrons. The lowest BCUT2D eigenvalue weighted by molar-refractivity contribution is -0.133. The molecule has 2 aliphatic rings. The molecule has 0 N–H and O–H groups in total. The number of anilines is 1. The van der Waals surface area contributed by atoms with Crippen LogP contribution in [-0.4, -0.2) is 70.9 Å². The van der Waals surface area contributed by atoms with E-state index in [1.807, 2.05) is 30.0 Å². The molecule has 2 aliphatic heterocycles. The van der Waals surface area contributed by atoms with Crippen LogP contribution in [0.3, 0.4) is 0 Å². The molecular formula is C24H28N6O. The number of imidazole rings is 1. The van der Waals surface area contributed by atoms with Gasteiger partial charge in [-0.3, -0.25) is 14.1 Å². The van der Waals surface area contributed by atoms with E-state index in [1.54, 1.807) is 0 Å². The Balaban J connectivity index is 1.38. The molecule has 7 heteroatoms. The first kappa shape index (κ1) is 19.8. The fourth-order valence-electron chi connectivity index (χ4n) is 4.87. The Morgan fingerprint density at radius 3 is 2.55 bits per heavy atom. The molecule has 0 aliphatic carbocycles. The number of hydrogen-bond acceptors (Lipinski definition) is 5. The number of nitriles is 1. The van der Waals surface area contributed by atoms with E-state index < -0.39 is 0 Å². The van der Waals surface area contributed by atoms with Gasteiger partial charge in [0, 0.05) is 39.3 Å². The van der Waals surface area contributed by atoms with Gasteiger partial charge < -0.3 is 9.80 Å². The van der Waals surface area contributed by atoms with Crippen molar-refractivity contribution in [1.82, 2.24) is 19.2 Å². The van der Waals surface area contributed by atoms with Crippen molar-refractivity contribution in [2.24, 2.45) is 0 Å². The molecule has 0 bridgehead atoms. The monoisotopic (exact) mass is 416 g/mol. The number of piperazine rings is 1. The van der Waals surface area contributed by atoms with Crippen LogP contribution in [0.5, 0.6) is 0 Å². The minimum atomic E-state index is 0.269. The van der Waals surface area contributed by atoms with Crippen LogP contribution in [0.25, 0.3) is 16.7 Å². The number of fused-ring (bicyclic) bond motifs is 3. The van der Waals surface area contributed by atoms with E-state index in [2.05, 4.69) is 32.4 Å². The van der Waals surface area contributed by atoms with E-state index in [9.17, 15) is 10.1 Å². The van der Waals surface area contributed by atoms with Crippen molar-refractivity contribution in [2.75, 3.05) is 50.7 Å². The number of rotatable bonds is 3. The maximum atomic E-state index is 12.6. The molecule has 7 nitrogen and oxygen atoms in total. The number of nitrogens with zero attached hydrogens (tertiary/aromatic N) is 6. The topological polar surface area (TPSA) is 67.9 Å². The first-order chi connectivity index (χ1) is 15.2. The SMILES string of the molecule is Cc1cc(N2CCN(CC(=O)N3CCCCC3)CC2)n2c(nc3ccccc32)c1C#N. The third kappa shape index (κ3) is 3.61. The van der Waals surface area contributed by atoms with Gasteiger partial charge in [-0.1, -0.05) is 12.1 Å². The van der Waals surface area contributed by atoms with Crippen LogP contribution < -0.4 is 4.90 Å². The molecule has 31 heavy (non-hydrogen) atoms. The summed E-state index contributed by atoms with van der Waals surface area (Å²) < 4.78 is 2.12. The van der Waals surface area contributed by atoms with Crippen molar-refractivity contribution < 1.29 is 4.79 Å². The molecule has 2 saturated heterocycles. The molecule has 4 heterocycles. The normalized spacial score (nSPS) is 17.9. The molecule has 0 radical (unpaired) electrons. The highest BCUT2D eigenvalue weighted by molar-refractivity contribution is 5.85. The van der Waals surface area contributed by atoms with Gasteiger partial charge in [-0.2, -0.15) is 5.26 Å². The van der Waals surface area contributed by atoms with Gasteiger partial charge in [0.1, 0.15) is 11.9 Å². The molecule has 0 saturated carbocycles. The van der Waals surface area contributed by atoms with Crippen LogP contribution >= 0.6 is 0 Å². The molecule has 0 unspecified atom stereocenters. The van der Waals surface area contributed by atoms with Gasteiger partial charge in [0.25, 0.3) is 0 Å². The van der Waals surface area contributed by atoms with Crippen LogP contribution in [0.15, 0.2) is 30.3 Å². The predicted octanol–water partition coefficient (Wildman–Crippen LogP) is 2.80. The van der Waals surface area contributed by atoms with Crippen LogP contribution in [0.2, 0.25) is 0 Å². The number of aryl methyl sites for hydroxylation is 1. The summed E-state index contributed by atoms with van der Waals surface area (Å²) >= 11 is 0. The lowest BCUT2D eigenvalue weighted by Gasteiger charge is -2.37. The van der Waals surface area contributed by atoms with Crippen LogP contribution in [0.1, 0.15) is 30.4 Å². The molecule has 0 spiro atoms. The molecule has 1 amide bonds. The standard InChI is InChI=1S/C24H28N6O/c1-18-15-22(30-21-8-4-3-7-20(21)26-24(30)19(18)16-25)28-13-11-27(12-14-28)17-23(31)29-9-5-2-6-10-29/h3-4,7-8,15H,2,5-6,9-14,17H2,1H3. The maximum absolute atomic E-state index is 12.6. The minimum absolute atomic E-state index is 0.269. The van der Waals surface area contributed by atoms with E-state index >= 15 is 0 Å². The Hall–Kier alpha value is -3.11. The molecule has 1 aromatic carbocycles. The Kier molecular flexibility index (Phi) is 5.24. The van der Waals surface area contributed by atoms with Gasteiger partial charge in [0.2, 0.25) is 5.91 Å². The number of benzene rings is 1. The quantitative estimate of drug-likeness (QED) is 0.657. The van der Waals surface area contributed by atoms with Gasteiger partial charge in [-0.25, -0.2) is 4.98 Å². The summed E-state index contributed by atoms with van der Waals surface area (Å²) in [4.78, 5) is 24.1. The van der Waals surface area contributed by atoms with Crippen molar-refractivity contribution in [1.29, 1.82) is 5.26 Å². The van der Waals surface area contributed by atoms with E-state index in [4.69, 9.17) is 4.98 Å². The summed E-state index contributed by atoms with van der Waals surface area (Å²) in [7, 11) is 0. The van der Waals surface area contributed by atoms with Gasteiger partial charge in [-0.05, 0) is 49.9 Å². The fraction of sp³-hybridized carbons (Fsp3) is 0.458. The Labute approximate surface area is 182 Å². The Morgan fingerprint density at radius 2 is 1.81 bits per heavy atom. The second-order valence-electron chi connectivity index (χ2n) is 8.64. The van der Waals surface area contributed by atoms with E-state index in [1.165, 1.54) is 6.42 Å². The first-order valence-electron chi connectivity index (χ1n) is 11.2. The first-order valence-corrected chi connectivity index (χ1v) is 11.2. The number of carbonyl (C=O) groups is 1. The highest BCUT2D eigenvalue weighted by Crippen LogP contribution is 2.29. The van der Waals surface area contributed by atoms with E-state index in [0.29, 0.717) is 12.1 Å². The van der Waals surface area contributed by atoms with Crippen LogP contribution in [-0.2, 0) is 4.79 Å². The molecule has 5 rings (SSSR count). The zero-order chi connectivity index (χ0) is 21.4. The lowest BCUT2D eigenvalue weighted by Crippen LogP contribution is -2.51. The number of hydrogen-bond donors (Lipinski definition) is 0. The third-order valence-corrected chi connectivity index (χ3v) is 6.63.